The Balaban J connectivity index is 1.48. The Morgan fingerprint density at radius 1 is 0.842 bits per heavy atom. The molecule has 3 fully saturated rings. The van der Waals surface area contributed by atoms with Gasteiger partial charge in [0.25, 0.3) is 10.2 Å². The fraction of sp³-hybridized carbons (Fsp3) is 0.536. The van der Waals surface area contributed by atoms with E-state index in [0.717, 1.165) is 50.0 Å². The fourth-order valence-corrected chi connectivity index (χ4v) is 7.96. The van der Waals surface area contributed by atoms with Crippen LogP contribution in [0.15, 0.2) is 54.6 Å². The minimum Gasteiger partial charge on any atom is -0.336 e. The van der Waals surface area contributed by atoms with Crippen LogP contribution < -0.4 is 5.32 Å². The lowest BCUT2D eigenvalue weighted by Crippen LogP contribution is -2.55. The molecule has 3 aliphatic rings. The predicted molar refractivity (Wildman–Crippen MR) is 150 cm³/mol. The largest absolute Gasteiger partial charge is 0.336 e. The highest BCUT2D eigenvalue weighted by atomic mass is 35.5. The molecule has 5 rings (SSSR count). The third kappa shape index (κ3) is 6.02. The van der Waals surface area contributed by atoms with Crippen LogP contribution in [0.1, 0.15) is 61.6 Å². The molecule has 8 nitrogen and oxygen atoms in total. The molecule has 0 saturated carbocycles. The molecule has 3 saturated heterocycles. The van der Waals surface area contributed by atoms with Crippen molar-refractivity contribution in [2.24, 2.45) is 0 Å². The van der Waals surface area contributed by atoms with Crippen molar-refractivity contribution in [3.8, 4) is 0 Å². The van der Waals surface area contributed by atoms with Crippen LogP contribution in [0.5, 0.6) is 0 Å². The van der Waals surface area contributed by atoms with Gasteiger partial charge in [0.15, 0.2) is 0 Å². The first kappa shape index (κ1) is 27.4. The van der Waals surface area contributed by atoms with Crippen LogP contribution in [-0.4, -0.2) is 78.9 Å². The maximum absolute atomic E-state index is 14.2. The predicted octanol–water partition coefficient (Wildman–Crippen LogP) is 4.62. The molecule has 2 unspecified atom stereocenters. The zero-order valence-corrected chi connectivity index (χ0v) is 23.4. The first-order valence-corrected chi connectivity index (χ1v) is 15.6. The molecule has 38 heavy (non-hydrogen) atoms. The van der Waals surface area contributed by atoms with Crippen molar-refractivity contribution in [3.63, 3.8) is 0 Å². The number of hydrogen-bond donors (Lipinski definition) is 1. The number of halogens is 1. The number of amides is 2. The van der Waals surface area contributed by atoms with E-state index in [2.05, 4.69) is 10.2 Å². The van der Waals surface area contributed by atoms with Crippen LogP contribution in [0, 0.1) is 0 Å². The van der Waals surface area contributed by atoms with Gasteiger partial charge in [-0.1, -0.05) is 71.3 Å². The van der Waals surface area contributed by atoms with Crippen molar-refractivity contribution in [1.29, 1.82) is 0 Å². The van der Waals surface area contributed by atoms with Crippen LogP contribution in [0.25, 0.3) is 0 Å². The number of nitrogens with zero attached hydrogens (tertiary/aromatic N) is 4. The maximum Gasteiger partial charge on any atom is 0.332 e. The van der Waals surface area contributed by atoms with Gasteiger partial charge >= 0.3 is 6.03 Å². The van der Waals surface area contributed by atoms with E-state index in [4.69, 9.17) is 11.6 Å². The van der Waals surface area contributed by atoms with Gasteiger partial charge in [-0.25, -0.2) is 9.80 Å². The molecule has 10 heteroatoms. The van der Waals surface area contributed by atoms with Crippen LogP contribution >= 0.6 is 11.6 Å². The lowest BCUT2D eigenvalue weighted by molar-refractivity contribution is 0.103. The van der Waals surface area contributed by atoms with Gasteiger partial charge in [0.2, 0.25) is 0 Å². The molecule has 2 aromatic rings. The Bertz CT molecular complexity index is 1170. The van der Waals surface area contributed by atoms with Crippen LogP contribution in [0.3, 0.4) is 0 Å². The van der Waals surface area contributed by atoms with Crippen molar-refractivity contribution in [2.45, 2.75) is 50.5 Å². The molecule has 1 N–H and O–H groups in total. The number of urea groups is 1. The van der Waals surface area contributed by atoms with Crippen molar-refractivity contribution < 1.29 is 13.2 Å². The van der Waals surface area contributed by atoms with Crippen LogP contribution in [-0.2, 0) is 10.2 Å². The number of likely N-dealkylation sites (tertiary alicyclic amines) is 1. The van der Waals surface area contributed by atoms with E-state index in [1.54, 1.807) is 16.4 Å². The van der Waals surface area contributed by atoms with E-state index in [0.29, 0.717) is 24.7 Å². The van der Waals surface area contributed by atoms with E-state index in [1.165, 1.54) is 28.7 Å². The molecule has 206 valence electrons. The van der Waals surface area contributed by atoms with E-state index < -0.39 is 16.3 Å². The summed E-state index contributed by atoms with van der Waals surface area (Å²) in [5, 5.41) is 5.04. The molecule has 0 spiro atoms. The molecule has 3 aliphatic heterocycles. The first-order valence-electron chi connectivity index (χ1n) is 13.8. The number of hydrazine groups is 1. The summed E-state index contributed by atoms with van der Waals surface area (Å²) >= 11 is 6.20. The Morgan fingerprint density at radius 3 is 2.13 bits per heavy atom. The summed E-state index contributed by atoms with van der Waals surface area (Å²) in [5.74, 6) is -0.232. The Labute approximate surface area is 231 Å². The lowest BCUT2D eigenvalue weighted by Gasteiger charge is -2.37. The Hall–Kier alpha value is -2.17. The van der Waals surface area contributed by atoms with Gasteiger partial charge in [0.05, 0.1) is 6.04 Å². The van der Waals surface area contributed by atoms with Gasteiger partial charge < -0.3 is 10.2 Å². The minimum atomic E-state index is -3.96. The zero-order valence-electron chi connectivity index (χ0n) is 21.8. The van der Waals surface area contributed by atoms with Crippen molar-refractivity contribution in [1.82, 2.24) is 23.9 Å². The van der Waals surface area contributed by atoms with Gasteiger partial charge in [0, 0.05) is 43.7 Å². The van der Waals surface area contributed by atoms with Gasteiger partial charge in [-0.15, -0.1) is 0 Å². The fourth-order valence-electron chi connectivity index (χ4n) is 5.93. The summed E-state index contributed by atoms with van der Waals surface area (Å²) in [4.78, 5) is 16.0. The second-order valence-electron chi connectivity index (χ2n) is 10.5. The molecule has 0 aliphatic carbocycles. The summed E-state index contributed by atoms with van der Waals surface area (Å²) < 4.78 is 31.4. The summed E-state index contributed by atoms with van der Waals surface area (Å²) in [6.07, 6.45) is 6.28. The second-order valence-corrected chi connectivity index (χ2v) is 12.7. The summed E-state index contributed by atoms with van der Waals surface area (Å²) in [6, 6.07) is 16.3. The number of carbonyl (C=O) groups excluding carboxylic acids is 1. The average Bonchev–Trinajstić information content (AvgIpc) is 3.37. The number of benzene rings is 2. The molecule has 0 radical (unpaired) electrons. The third-order valence-corrected chi connectivity index (χ3v) is 10.1. The van der Waals surface area contributed by atoms with Crippen LogP contribution in [0.4, 0.5) is 4.79 Å². The van der Waals surface area contributed by atoms with E-state index in [1.807, 2.05) is 42.5 Å². The first-order chi connectivity index (χ1) is 18.4. The molecule has 2 amide bonds. The van der Waals surface area contributed by atoms with Gasteiger partial charge in [-0.3, -0.25) is 0 Å². The normalized spacial score (nSPS) is 24.0. The van der Waals surface area contributed by atoms with Gasteiger partial charge in [-0.05, 0) is 62.0 Å². The highest BCUT2D eigenvalue weighted by molar-refractivity contribution is 7.86. The zero-order chi connectivity index (χ0) is 26.5. The molecule has 3 heterocycles. The highest BCUT2D eigenvalue weighted by Crippen LogP contribution is 2.45. The SMILES string of the molecule is O=C(NCCN1CCCCC1)N1CC(c2ccccc2)C(c2ccc(Cl)cc2)N1S(=O)(=O)N1CCCCC1. The Kier molecular flexibility index (Phi) is 8.90. The second kappa shape index (κ2) is 12.3. The number of rotatable bonds is 7. The highest BCUT2D eigenvalue weighted by Gasteiger charge is 2.51. The summed E-state index contributed by atoms with van der Waals surface area (Å²) in [7, 11) is -3.96. The summed E-state index contributed by atoms with van der Waals surface area (Å²) in [5.41, 5.74) is 1.81. The maximum atomic E-state index is 14.2. The molecular weight excluding hydrogens is 522 g/mol. The third-order valence-electron chi connectivity index (χ3n) is 7.93. The van der Waals surface area contributed by atoms with Crippen molar-refractivity contribution >= 4 is 27.8 Å². The molecule has 2 atom stereocenters. The van der Waals surface area contributed by atoms with Gasteiger partial charge in [0.1, 0.15) is 0 Å². The van der Waals surface area contributed by atoms with Crippen LogP contribution in [0.2, 0.25) is 5.02 Å². The topological polar surface area (TPSA) is 76.2 Å². The van der Waals surface area contributed by atoms with Gasteiger partial charge in [-0.2, -0.15) is 12.7 Å². The molecule has 0 bridgehead atoms. The standard InChI is InChI=1S/C28H38ClN5O3S/c29-25-14-12-24(13-15-25)27-26(23-10-4-1-5-11-23)22-33(28(35)30-16-21-31-17-6-2-7-18-31)34(27)38(36,37)32-19-8-3-9-20-32/h1,4-5,10-15,26-27H,2-3,6-9,16-22H2,(H,30,35). The molecular formula is C28H38ClN5O3S. The number of piperidine rings is 2. The smallest absolute Gasteiger partial charge is 0.332 e. The monoisotopic (exact) mass is 559 g/mol. The minimum absolute atomic E-state index is 0.232. The van der Waals surface area contributed by atoms with E-state index >= 15 is 0 Å². The summed E-state index contributed by atoms with van der Waals surface area (Å²) in [6.45, 7) is 4.53. The number of hydrogen-bond acceptors (Lipinski definition) is 4. The van der Waals surface area contributed by atoms with E-state index in [-0.39, 0.29) is 18.5 Å². The lowest BCUT2D eigenvalue weighted by atomic mass is 9.89. The quantitative estimate of drug-likeness (QED) is 0.537. The average molecular weight is 560 g/mol. The number of carbonyl (C=O) groups is 1. The molecule has 0 aromatic heterocycles. The Morgan fingerprint density at radius 2 is 1.47 bits per heavy atom. The van der Waals surface area contributed by atoms with Crippen molar-refractivity contribution in [3.05, 3.63) is 70.7 Å². The van der Waals surface area contributed by atoms with Crippen molar-refractivity contribution in [2.75, 3.05) is 45.8 Å². The van der Waals surface area contributed by atoms with E-state index in [9.17, 15) is 13.2 Å². The molecule has 2 aromatic carbocycles. The number of nitrogens with one attached hydrogen (secondary N) is 1.